The van der Waals surface area contributed by atoms with Gasteiger partial charge < -0.3 is 4.74 Å². The lowest BCUT2D eigenvalue weighted by atomic mass is 9.97. The molecule has 0 N–H and O–H groups in total. The van der Waals surface area contributed by atoms with Gasteiger partial charge in [-0.3, -0.25) is 0 Å². The lowest BCUT2D eigenvalue weighted by Gasteiger charge is -2.09. The number of allylic oxidation sites excluding steroid dienone is 1. The van der Waals surface area contributed by atoms with Crippen molar-refractivity contribution in [2.24, 2.45) is 5.92 Å². The highest BCUT2D eigenvalue weighted by Crippen LogP contribution is 2.17. The van der Waals surface area contributed by atoms with Crippen LogP contribution < -0.4 is 4.74 Å². The maximum Gasteiger partial charge on any atom is 0.118 e. The fourth-order valence-electron chi connectivity index (χ4n) is 1.21. The number of methoxy groups -OCH3 is 1. The topological polar surface area (TPSA) is 9.23 Å². The van der Waals surface area contributed by atoms with Gasteiger partial charge in [0.15, 0.2) is 0 Å². The summed E-state index contributed by atoms with van der Waals surface area (Å²) < 4.78 is 5.10. The third kappa shape index (κ3) is 2.91. The summed E-state index contributed by atoms with van der Waals surface area (Å²) in [5, 5.41) is 0. The van der Waals surface area contributed by atoms with E-state index in [2.05, 4.69) is 32.6 Å². The standard InChI is InChI=1S/C13H18O/c1-10(2)11(3)9-12-5-7-13(14-4)8-6-12/h5-8,10H,3,9H2,1-2,4H3. The number of hydrogen-bond acceptors (Lipinski definition) is 1. The normalized spacial score (nSPS) is 10.3. The molecule has 0 fully saturated rings. The van der Waals surface area contributed by atoms with E-state index in [4.69, 9.17) is 4.74 Å². The van der Waals surface area contributed by atoms with E-state index in [1.807, 2.05) is 12.1 Å². The molecule has 0 unspecified atom stereocenters. The Balaban J connectivity index is 2.64. The van der Waals surface area contributed by atoms with Gasteiger partial charge in [0.2, 0.25) is 0 Å². The summed E-state index contributed by atoms with van der Waals surface area (Å²) in [7, 11) is 1.68. The number of ether oxygens (including phenoxy) is 1. The Bertz CT molecular complexity index is 296. The highest BCUT2D eigenvalue weighted by atomic mass is 16.5. The Morgan fingerprint density at radius 3 is 2.29 bits per heavy atom. The maximum atomic E-state index is 5.10. The molecule has 0 saturated heterocycles. The summed E-state index contributed by atoms with van der Waals surface area (Å²) in [5.74, 6) is 1.46. The van der Waals surface area contributed by atoms with Crippen LogP contribution >= 0.6 is 0 Å². The zero-order valence-corrected chi connectivity index (χ0v) is 9.21. The van der Waals surface area contributed by atoms with E-state index in [9.17, 15) is 0 Å². The van der Waals surface area contributed by atoms with Crippen molar-refractivity contribution in [2.45, 2.75) is 20.3 Å². The molecular formula is C13H18O. The van der Waals surface area contributed by atoms with Gasteiger partial charge in [-0.2, -0.15) is 0 Å². The second-order valence-corrected chi connectivity index (χ2v) is 3.84. The van der Waals surface area contributed by atoms with Gasteiger partial charge in [0.25, 0.3) is 0 Å². The molecular weight excluding hydrogens is 172 g/mol. The molecule has 0 saturated carbocycles. The monoisotopic (exact) mass is 190 g/mol. The second kappa shape index (κ2) is 4.85. The molecule has 1 rings (SSSR count). The Morgan fingerprint density at radius 2 is 1.86 bits per heavy atom. The predicted octanol–water partition coefficient (Wildman–Crippen LogP) is 3.45. The molecule has 0 aliphatic heterocycles. The molecule has 1 aromatic rings. The molecule has 76 valence electrons. The smallest absolute Gasteiger partial charge is 0.118 e. The summed E-state index contributed by atoms with van der Waals surface area (Å²) >= 11 is 0. The molecule has 0 aliphatic carbocycles. The zero-order valence-electron chi connectivity index (χ0n) is 9.21. The van der Waals surface area contributed by atoms with Crippen LogP contribution in [0.3, 0.4) is 0 Å². The van der Waals surface area contributed by atoms with E-state index in [1.54, 1.807) is 7.11 Å². The summed E-state index contributed by atoms with van der Waals surface area (Å²) in [4.78, 5) is 0. The highest BCUT2D eigenvalue weighted by Gasteiger charge is 2.01. The number of hydrogen-bond donors (Lipinski definition) is 0. The van der Waals surface area contributed by atoms with Gasteiger partial charge in [0.1, 0.15) is 5.75 Å². The summed E-state index contributed by atoms with van der Waals surface area (Å²) in [6.45, 7) is 8.41. The van der Waals surface area contributed by atoms with Crippen molar-refractivity contribution in [1.82, 2.24) is 0 Å². The summed E-state index contributed by atoms with van der Waals surface area (Å²) in [6.07, 6.45) is 0.960. The van der Waals surface area contributed by atoms with Crippen molar-refractivity contribution in [1.29, 1.82) is 0 Å². The first kappa shape index (κ1) is 10.8. The maximum absolute atomic E-state index is 5.10. The van der Waals surface area contributed by atoms with Gasteiger partial charge in [0.05, 0.1) is 7.11 Å². The molecule has 0 aromatic heterocycles. The lowest BCUT2D eigenvalue weighted by Crippen LogP contribution is -1.96. The van der Waals surface area contributed by atoms with Crippen LogP contribution in [0.5, 0.6) is 5.75 Å². The van der Waals surface area contributed by atoms with Crippen molar-refractivity contribution >= 4 is 0 Å². The van der Waals surface area contributed by atoms with Gasteiger partial charge in [-0.05, 0) is 30.0 Å². The van der Waals surface area contributed by atoms with Crippen LogP contribution in [-0.4, -0.2) is 7.11 Å². The van der Waals surface area contributed by atoms with E-state index in [0.717, 1.165) is 12.2 Å². The van der Waals surface area contributed by atoms with Crippen LogP contribution in [0, 0.1) is 5.92 Å². The molecule has 0 amide bonds. The van der Waals surface area contributed by atoms with Crippen molar-refractivity contribution < 1.29 is 4.74 Å². The first-order chi connectivity index (χ1) is 6.63. The first-order valence-corrected chi connectivity index (χ1v) is 4.94. The quantitative estimate of drug-likeness (QED) is 0.661. The van der Waals surface area contributed by atoms with E-state index < -0.39 is 0 Å². The number of benzene rings is 1. The minimum Gasteiger partial charge on any atom is -0.497 e. The molecule has 0 bridgehead atoms. The minimum absolute atomic E-state index is 0.553. The van der Waals surface area contributed by atoms with Crippen LogP contribution in [0.2, 0.25) is 0 Å². The third-order valence-electron chi connectivity index (χ3n) is 2.41. The largest absolute Gasteiger partial charge is 0.497 e. The Labute approximate surface area is 86.4 Å². The molecule has 1 heteroatoms. The van der Waals surface area contributed by atoms with Crippen LogP contribution in [0.25, 0.3) is 0 Å². The van der Waals surface area contributed by atoms with E-state index in [-0.39, 0.29) is 0 Å². The zero-order chi connectivity index (χ0) is 10.6. The Morgan fingerprint density at radius 1 is 1.29 bits per heavy atom. The van der Waals surface area contributed by atoms with Crippen LogP contribution in [0.15, 0.2) is 36.4 Å². The Kier molecular flexibility index (Phi) is 3.75. The van der Waals surface area contributed by atoms with Gasteiger partial charge >= 0.3 is 0 Å². The SMILES string of the molecule is C=C(Cc1ccc(OC)cc1)C(C)C. The van der Waals surface area contributed by atoms with Gasteiger partial charge in [0, 0.05) is 0 Å². The van der Waals surface area contributed by atoms with Crippen LogP contribution in [0.4, 0.5) is 0 Å². The highest BCUT2D eigenvalue weighted by molar-refractivity contribution is 5.29. The van der Waals surface area contributed by atoms with Crippen molar-refractivity contribution in [2.75, 3.05) is 7.11 Å². The minimum atomic E-state index is 0.553. The van der Waals surface area contributed by atoms with Crippen molar-refractivity contribution in [3.05, 3.63) is 42.0 Å². The van der Waals surface area contributed by atoms with Gasteiger partial charge in [-0.25, -0.2) is 0 Å². The molecule has 1 aromatic carbocycles. The molecule has 0 atom stereocenters. The predicted molar refractivity (Wildman–Crippen MR) is 60.7 cm³/mol. The average molecular weight is 190 g/mol. The van der Waals surface area contributed by atoms with E-state index in [0.29, 0.717) is 5.92 Å². The number of rotatable bonds is 4. The van der Waals surface area contributed by atoms with Crippen molar-refractivity contribution in [3.63, 3.8) is 0 Å². The molecule has 1 nitrogen and oxygen atoms in total. The van der Waals surface area contributed by atoms with E-state index >= 15 is 0 Å². The Hall–Kier alpha value is -1.24. The second-order valence-electron chi connectivity index (χ2n) is 3.84. The fraction of sp³-hybridized carbons (Fsp3) is 0.385. The first-order valence-electron chi connectivity index (χ1n) is 4.94. The molecule has 0 heterocycles. The lowest BCUT2D eigenvalue weighted by molar-refractivity contribution is 0.414. The molecule has 14 heavy (non-hydrogen) atoms. The van der Waals surface area contributed by atoms with E-state index in [1.165, 1.54) is 11.1 Å². The molecule has 0 radical (unpaired) electrons. The van der Waals surface area contributed by atoms with Gasteiger partial charge in [-0.1, -0.05) is 38.1 Å². The van der Waals surface area contributed by atoms with Crippen LogP contribution in [0.1, 0.15) is 19.4 Å². The fourth-order valence-corrected chi connectivity index (χ4v) is 1.21. The van der Waals surface area contributed by atoms with Crippen molar-refractivity contribution in [3.8, 4) is 5.75 Å². The van der Waals surface area contributed by atoms with Crippen LogP contribution in [-0.2, 0) is 6.42 Å². The van der Waals surface area contributed by atoms with Gasteiger partial charge in [-0.15, -0.1) is 0 Å². The molecule has 0 aliphatic rings. The summed E-state index contributed by atoms with van der Waals surface area (Å²) in [5.41, 5.74) is 2.57. The molecule has 0 spiro atoms. The third-order valence-corrected chi connectivity index (χ3v) is 2.41. The average Bonchev–Trinajstić information content (AvgIpc) is 2.19. The summed E-state index contributed by atoms with van der Waals surface area (Å²) in [6, 6.07) is 8.16.